The van der Waals surface area contributed by atoms with Crippen molar-refractivity contribution in [1.82, 2.24) is 14.5 Å². The van der Waals surface area contributed by atoms with E-state index in [1.54, 1.807) is 11.1 Å². The molecule has 278 valence electrons. The van der Waals surface area contributed by atoms with Gasteiger partial charge in [-0.15, -0.1) is 0 Å². The lowest BCUT2D eigenvalue weighted by molar-refractivity contribution is 0.598. The largest absolute Gasteiger partial charge is 0.345 e. The van der Waals surface area contributed by atoms with E-state index < -0.39 is 0 Å². The first-order valence-corrected chi connectivity index (χ1v) is 20.8. The van der Waals surface area contributed by atoms with Crippen molar-refractivity contribution in [3.63, 3.8) is 0 Å². The SMILES string of the molecule is C1=CC(C2=CC(c3ccc4ccccc4c3)NC(n3c4ccccc4c4ccc(-c5ccc6c7ccccc7n(-c7ccccc7)c6c5)cc43)=N2)CC2=C1CCCC2. The number of allylic oxidation sites excluding steroid dienone is 4. The molecule has 12 rings (SSSR count). The summed E-state index contributed by atoms with van der Waals surface area (Å²) in [4.78, 5) is 5.59. The van der Waals surface area contributed by atoms with Crippen molar-refractivity contribution in [3.8, 4) is 16.8 Å². The van der Waals surface area contributed by atoms with Crippen molar-refractivity contribution >= 4 is 60.3 Å². The Morgan fingerprint density at radius 2 is 1.17 bits per heavy atom. The van der Waals surface area contributed by atoms with Gasteiger partial charge in [0.25, 0.3) is 0 Å². The number of aliphatic imine (C=N–C) groups is 1. The van der Waals surface area contributed by atoms with Gasteiger partial charge in [-0.25, -0.2) is 4.99 Å². The molecular weight excluding hydrogens is 705 g/mol. The molecule has 3 aliphatic rings. The van der Waals surface area contributed by atoms with Gasteiger partial charge in [-0.3, -0.25) is 4.57 Å². The van der Waals surface area contributed by atoms with E-state index in [-0.39, 0.29) is 12.0 Å². The molecule has 1 aliphatic heterocycles. The van der Waals surface area contributed by atoms with Crippen molar-refractivity contribution < 1.29 is 0 Å². The quantitative estimate of drug-likeness (QED) is 0.191. The molecule has 0 amide bonds. The molecule has 0 spiro atoms. The second-order valence-electron chi connectivity index (χ2n) is 16.3. The molecular formula is C54H42N4. The smallest absolute Gasteiger partial charge is 0.208 e. The van der Waals surface area contributed by atoms with Crippen molar-refractivity contribution in [2.45, 2.75) is 38.1 Å². The standard InChI is InChI=1S/C54H42N4/c1-2-16-43(17-3-1)57-50-20-10-8-18-44(50)46-28-26-39(32-52(46)57)40-27-29-47-45-19-9-11-21-51(45)58(53(47)33-40)54-55-48(41-24-22-35-12-4-6-14-37(35)30-41)34-49(56-54)42-25-23-36-13-5-7-15-38(36)31-42/h1-4,6,8-12,14,16-30,32-34,42,48H,5,7,13,15,31H2,(H,55,56). The second kappa shape index (κ2) is 13.3. The Hall–Kier alpha value is -6.91. The first-order valence-electron chi connectivity index (χ1n) is 20.8. The van der Waals surface area contributed by atoms with E-state index in [4.69, 9.17) is 4.99 Å². The lowest BCUT2D eigenvalue weighted by Gasteiger charge is -2.30. The summed E-state index contributed by atoms with van der Waals surface area (Å²) in [6, 6.07) is 57.7. The highest BCUT2D eigenvalue weighted by Crippen LogP contribution is 2.41. The van der Waals surface area contributed by atoms with Gasteiger partial charge in [0.15, 0.2) is 0 Å². The van der Waals surface area contributed by atoms with Gasteiger partial charge in [0, 0.05) is 38.8 Å². The van der Waals surface area contributed by atoms with Gasteiger partial charge in [0.2, 0.25) is 5.96 Å². The maximum Gasteiger partial charge on any atom is 0.208 e. The van der Waals surface area contributed by atoms with Gasteiger partial charge in [-0.05, 0) is 114 Å². The molecule has 2 aliphatic carbocycles. The molecule has 2 aromatic heterocycles. The molecule has 4 heteroatoms. The number of para-hydroxylation sites is 3. The summed E-state index contributed by atoms with van der Waals surface area (Å²) < 4.78 is 4.78. The predicted molar refractivity (Wildman–Crippen MR) is 243 cm³/mol. The molecule has 2 unspecified atom stereocenters. The van der Waals surface area contributed by atoms with Crippen LogP contribution < -0.4 is 5.32 Å². The number of benzene rings is 7. The molecule has 0 fully saturated rings. The van der Waals surface area contributed by atoms with Crippen LogP contribution in [-0.2, 0) is 0 Å². The van der Waals surface area contributed by atoms with Gasteiger partial charge >= 0.3 is 0 Å². The minimum Gasteiger partial charge on any atom is -0.345 e. The molecule has 0 bridgehead atoms. The van der Waals surface area contributed by atoms with Crippen LogP contribution >= 0.6 is 0 Å². The third-order valence-electron chi connectivity index (χ3n) is 12.9. The first-order chi connectivity index (χ1) is 28.7. The number of hydrogen-bond donors (Lipinski definition) is 1. The van der Waals surface area contributed by atoms with Crippen LogP contribution in [-0.4, -0.2) is 15.1 Å². The highest BCUT2D eigenvalue weighted by atomic mass is 15.2. The van der Waals surface area contributed by atoms with Gasteiger partial charge in [-0.2, -0.15) is 0 Å². The maximum absolute atomic E-state index is 5.59. The summed E-state index contributed by atoms with van der Waals surface area (Å²) in [5.74, 6) is 1.11. The normalized spacial score (nSPS) is 18.2. The van der Waals surface area contributed by atoms with Crippen LogP contribution in [0.5, 0.6) is 0 Å². The van der Waals surface area contributed by atoms with Crippen LogP contribution in [0.4, 0.5) is 0 Å². The Bertz CT molecular complexity index is 3240. The summed E-state index contributed by atoms with van der Waals surface area (Å²) >= 11 is 0. The van der Waals surface area contributed by atoms with E-state index in [2.05, 4.69) is 190 Å². The minimum absolute atomic E-state index is 0.0380. The zero-order valence-electron chi connectivity index (χ0n) is 32.3. The molecule has 9 aromatic rings. The van der Waals surface area contributed by atoms with E-state index in [0.717, 1.165) is 34.8 Å². The minimum atomic E-state index is -0.0380. The van der Waals surface area contributed by atoms with Crippen LogP contribution in [0.25, 0.3) is 71.2 Å². The van der Waals surface area contributed by atoms with Crippen molar-refractivity contribution in [3.05, 3.63) is 198 Å². The predicted octanol–water partition coefficient (Wildman–Crippen LogP) is 13.6. The van der Waals surface area contributed by atoms with Gasteiger partial charge in [0.05, 0.1) is 28.1 Å². The van der Waals surface area contributed by atoms with Crippen molar-refractivity contribution in [1.29, 1.82) is 0 Å². The Labute approximate surface area is 337 Å². The highest BCUT2D eigenvalue weighted by molar-refractivity contribution is 6.15. The van der Waals surface area contributed by atoms with Crippen molar-refractivity contribution in [2.75, 3.05) is 0 Å². The number of fused-ring (bicyclic) bond motifs is 7. The maximum atomic E-state index is 5.59. The topological polar surface area (TPSA) is 34.2 Å². The third kappa shape index (κ3) is 5.39. The first kappa shape index (κ1) is 33.3. The fourth-order valence-corrected chi connectivity index (χ4v) is 10.0. The summed E-state index contributed by atoms with van der Waals surface area (Å²) in [6.07, 6.45) is 13.3. The Morgan fingerprint density at radius 3 is 1.95 bits per heavy atom. The fourth-order valence-electron chi connectivity index (χ4n) is 10.0. The zero-order valence-corrected chi connectivity index (χ0v) is 32.3. The number of aromatic nitrogens is 2. The number of hydrogen-bond acceptors (Lipinski definition) is 2. The lowest BCUT2D eigenvalue weighted by Crippen LogP contribution is -2.36. The van der Waals surface area contributed by atoms with E-state index in [9.17, 15) is 0 Å². The second-order valence-corrected chi connectivity index (χ2v) is 16.3. The number of nitrogens with zero attached hydrogens (tertiary/aromatic N) is 3. The number of nitrogens with one attached hydrogen (secondary N) is 1. The summed E-state index contributed by atoms with van der Waals surface area (Å²) in [7, 11) is 0. The molecule has 2 atom stereocenters. The van der Waals surface area contributed by atoms with Crippen LogP contribution in [0.1, 0.15) is 43.7 Å². The average molecular weight is 747 g/mol. The average Bonchev–Trinajstić information content (AvgIpc) is 3.81. The van der Waals surface area contributed by atoms with E-state index in [1.165, 1.54) is 85.7 Å². The molecule has 58 heavy (non-hydrogen) atoms. The molecule has 0 radical (unpaired) electrons. The Morgan fingerprint density at radius 1 is 0.534 bits per heavy atom. The molecule has 7 aromatic carbocycles. The van der Waals surface area contributed by atoms with E-state index in [1.807, 2.05) is 0 Å². The van der Waals surface area contributed by atoms with Crippen LogP contribution in [0.2, 0.25) is 0 Å². The summed E-state index contributed by atoms with van der Waals surface area (Å²) in [6.45, 7) is 0. The van der Waals surface area contributed by atoms with Crippen LogP contribution in [0.15, 0.2) is 198 Å². The molecule has 4 nitrogen and oxygen atoms in total. The Kier molecular flexibility index (Phi) is 7.65. The Balaban J connectivity index is 1.03. The summed E-state index contributed by atoms with van der Waals surface area (Å²) in [5.41, 5.74) is 13.8. The molecule has 3 heterocycles. The third-order valence-corrected chi connectivity index (χ3v) is 12.9. The molecule has 0 saturated carbocycles. The summed E-state index contributed by atoms with van der Waals surface area (Å²) in [5, 5.41) is 11.4. The monoisotopic (exact) mass is 746 g/mol. The van der Waals surface area contributed by atoms with Gasteiger partial charge in [0.1, 0.15) is 0 Å². The van der Waals surface area contributed by atoms with Gasteiger partial charge in [-0.1, -0.05) is 133 Å². The van der Waals surface area contributed by atoms with Crippen LogP contribution in [0, 0.1) is 5.92 Å². The molecule has 1 N–H and O–H groups in total. The highest BCUT2D eigenvalue weighted by Gasteiger charge is 2.28. The zero-order chi connectivity index (χ0) is 38.2. The lowest BCUT2D eigenvalue weighted by atomic mass is 9.80. The fraction of sp³-hybridized carbons (Fsp3) is 0.130. The van der Waals surface area contributed by atoms with Crippen molar-refractivity contribution in [2.24, 2.45) is 10.9 Å². The van der Waals surface area contributed by atoms with E-state index in [0.29, 0.717) is 0 Å². The van der Waals surface area contributed by atoms with E-state index >= 15 is 0 Å². The molecule has 0 saturated heterocycles. The van der Waals surface area contributed by atoms with Crippen LogP contribution in [0.3, 0.4) is 0 Å². The number of rotatable bonds is 4. The van der Waals surface area contributed by atoms with Gasteiger partial charge < -0.3 is 9.88 Å².